The van der Waals surface area contributed by atoms with Gasteiger partial charge in [-0.3, -0.25) is 9.36 Å². The number of thioether (sulfide) groups is 1. The smallest absolute Gasteiger partial charge is 0.245 e. The first-order valence-corrected chi connectivity index (χ1v) is 12.0. The number of fused-ring (bicyclic) bond motifs is 3. The average molecular weight is 468 g/mol. The average Bonchev–Trinajstić information content (AvgIpc) is 3.66. The Kier molecular flexibility index (Phi) is 5.11. The van der Waals surface area contributed by atoms with Crippen LogP contribution in [0.3, 0.4) is 0 Å². The number of carbonyl (C=O) groups excluding carboxylic acids is 1. The zero-order valence-electron chi connectivity index (χ0n) is 18.4. The fourth-order valence-electron chi connectivity index (χ4n) is 4.35. The molecule has 6 rings (SSSR count). The highest BCUT2D eigenvalue weighted by molar-refractivity contribution is 8.00. The van der Waals surface area contributed by atoms with Gasteiger partial charge in [0.05, 0.1) is 28.8 Å². The molecule has 1 unspecified atom stereocenters. The predicted octanol–water partition coefficient (Wildman–Crippen LogP) is 7.25. The molecule has 1 atom stereocenters. The third-order valence-corrected chi connectivity index (χ3v) is 7.14. The maximum atomic E-state index is 13.9. The van der Waals surface area contributed by atoms with E-state index >= 15 is 0 Å². The first kappa shape index (κ1) is 20.6. The van der Waals surface area contributed by atoms with Crippen molar-refractivity contribution in [2.24, 2.45) is 0 Å². The number of aromatic nitrogens is 3. The topological polar surface area (TPSA) is 77.0 Å². The second-order valence-electron chi connectivity index (χ2n) is 7.94. The van der Waals surface area contributed by atoms with Crippen molar-refractivity contribution in [3.05, 3.63) is 85.3 Å². The van der Waals surface area contributed by atoms with Crippen molar-refractivity contribution >= 4 is 39.5 Å². The summed E-state index contributed by atoms with van der Waals surface area (Å²) in [6, 6.07) is 23.5. The Balaban J connectivity index is 1.41. The van der Waals surface area contributed by atoms with Gasteiger partial charge in [-0.25, -0.2) is 4.98 Å². The number of hydrogen-bond donors (Lipinski definition) is 1. The molecule has 0 radical (unpaired) electrons. The van der Waals surface area contributed by atoms with E-state index in [9.17, 15) is 4.79 Å². The van der Waals surface area contributed by atoms with Crippen LogP contribution < -0.4 is 0 Å². The first-order valence-electron chi connectivity index (χ1n) is 11.1. The van der Waals surface area contributed by atoms with Gasteiger partial charge in [0.2, 0.25) is 5.91 Å². The lowest BCUT2D eigenvalue weighted by atomic mass is 10.2. The fraction of sp³-hybridized carbons (Fsp3) is 0.111. The minimum atomic E-state index is -0.334. The second kappa shape index (κ2) is 8.43. The number of nitrogens with one attached hydrogen (secondary N) is 1. The van der Waals surface area contributed by atoms with Gasteiger partial charge in [-0.05, 0) is 42.8 Å². The summed E-state index contributed by atoms with van der Waals surface area (Å²) < 4.78 is 13.1. The summed E-state index contributed by atoms with van der Waals surface area (Å²) in [5.74, 6) is 1.32. The van der Waals surface area contributed by atoms with Gasteiger partial charge < -0.3 is 13.8 Å². The van der Waals surface area contributed by atoms with E-state index in [1.54, 1.807) is 12.5 Å². The second-order valence-corrected chi connectivity index (χ2v) is 9.13. The van der Waals surface area contributed by atoms with Crippen molar-refractivity contribution in [1.82, 2.24) is 14.5 Å². The Morgan fingerprint density at radius 3 is 2.12 bits per heavy atom. The van der Waals surface area contributed by atoms with Crippen molar-refractivity contribution in [1.29, 1.82) is 0 Å². The van der Waals surface area contributed by atoms with Crippen LogP contribution in [0.5, 0.6) is 0 Å². The molecule has 168 valence electrons. The fourth-order valence-corrected chi connectivity index (χ4v) is 5.29. The van der Waals surface area contributed by atoms with Gasteiger partial charge in [-0.15, -0.1) is 0 Å². The molecule has 6 aromatic rings. The van der Waals surface area contributed by atoms with E-state index in [0.29, 0.717) is 28.8 Å². The molecule has 0 amide bonds. The van der Waals surface area contributed by atoms with Crippen LogP contribution >= 0.6 is 11.8 Å². The van der Waals surface area contributed by atoms with Crippen molar-refractivity contribution in [2.75, 3.05) is 0 Å². The summed E-state index contributed by atoms with van der Waals surface area (Å²) in [5, 5.41) is 2.45. The lowest BCUT2D eigenvalue weighted by Gasteiger charge is -2.14. The number of furan rings is 2. The number of carbonyl (C=O) groups is 1. The molecule has 2 aromatic carbocycles. The molecule has 0 bridgehead atoms. The Morgan fingerprint density at radius 2 is 1.53 bits per heavy atom. The molecule has 0 spiro atoms. The molecule has 0 saturated heterocycles. The summed E-state index contributed by atoms with van der Waals surface area (Å²) in [5.41, 5.74) is 3.21. The van der Waals surface area contributed by atoms with Crippen molar-refractivity contribution in [2.45, 2.75) is 23.8 Å². The van der Waals surface area contributed by atoms with Gasteiger partial charge in [-0.2, -0.15) is 0 Å². The quantitative estimate of drug-likeness (QED) is 0.261. The van der Waals surface area contributed by atoms with E-state index in [0.717, 1.165) is 27.5 Å². The van der Waals surface area contributed by atoms with Crippen molar-refractivity contribution in [3.8, 4) is 22.9 Å². The third kappa shape index (κ3) is 3.36. The number of para-hydroxylation sites is 2. The Labute approximate surface area is 199 Å². The van der Waals surface area contributed by atoms with Crippen LogP contribution in [0.2, 0.25) is 0 Å². The van der Waals surface area contributed by atoms with Crippen molar-refractivity contribution < 1.29 is 13.6 Å². The van der Waals surface area contributed by atoms with Gasteiger partial charge in [-0.1, -0.05) is 55.1 Å². The van der Waals surface area contributed by atoms with E-state index in [2.05, 4.69) is 17.1 Å². The van der Waals surface area contributed by atoms with E-state index in [1.165, 1.54) is 11.8 Å². The highest BCUT2D eigenvalue weighted by Gasteiger charge is 2.26. The molecule has 4 aromatic heterocycles. The standard InChI is InChI=1S/C27H21N3O3S/c1-2-23(26(31)30-19-11-5-3-9-17(19)18-10-4-6-12-20(18)30)34-27-28-24(21-13-7-15-32-21)25(29-27)22-14-8-16-33-22/h3-16,23H,2H2,1H3,(H,28,29). The highest BCUT2D eigenvalue weighted by Crippen LogP contribution is 2.36. The van der Waals surface area contributed by atoms with Crippen molar-refractivity contribution in [3.63, 3.8) is 0 Å². The van der Waals surface area contributed by atoms with Gasteiger partial charge in [0, 0.05) is 10.8 Å². The molecule has 1 N–H and O–H groups in total. The SMILES string of the molecule is CCC(Sc1nc(-c2ccco2)c(-c2ccco2)[nH]1)C(=O)n1c2ccccc2c2ccccc21. The zero-order chi connectivity index (χ0) is 23.1. The van der Waals surface area contributed by atoms with Crippen LogP contribution in [0.1, 0.15) is 18.1 Å². The number of nitrogens with zero attached hydrogens (tertiary/aromatic N) is 2. The number of hydrogen-bond acceptors (Lipinski definition) is 5. The molecule has 0 aliphatic carbocycles. The maximum Gasteiger partial charge on any atom is 0.245 e. The van der Waals surface area contributed by atoms with E-state index in [1.807, 2.05) is 72.2 Å². The Bertz CT molecular complexity index is 1490. The summed E-state index contributed by atoms with van der Waals surface area (Å²) in [6.45, 7) is 2.02. The van der Waals surface area contributed by atoms with Gasteiger partial charge >= 0.3 is 0 Å². The van der Waals surface area contributed by atoms with E-state index in [-0.39, 0.29) is 11.2 Å². The molecule has 0 saturated carbocycles. The summed E-state index contributed by atoms with van der Waals surface area (Å²) in [6.07, 6.45) is 3.89. The zero-order valence-corrected chi connectivity index (χ0v) is 19.2. The summed E-state index contributed by atoms with van der Waals surface area (Å²) in [4.78, 5) is 22.0. The number of H-pyrrole nitrogens is 1. The number of rotatable bonds is 6. The third-order valence-electron chi connectivity index (χ3n) is 5.90. The number of aromatic amines is 1. The molecule has 0 fully saturated rings. The molecular formula is C27H21N3O3S. The largest absolute Gasteiger partial charge is 0.463 e. The molecular weight excluding hydrogens is 446 g/mol. The Hall–Kier alpha value is -3.97. The molecule has 6 nitrogen and oxygen atoms in total. The van der Waals surface area contributed by atoms with Gasteiger partial charge in [0.15, 0.2) is 16.7 Å². The van der Waals surface area contributed by atoms with Crippen LogP contribution in [0, 0.1) is 0 Å². The minimum absolute atomic E-state index is 0.0281. The molecule has 34 heavy (non-hydrogen) atoms. The number of imidazole rings is 1. The van der Waals surface area contributed by atoms with Crippen LogP contribution in [0.15, 0.2) is 99.3 Å². The van der Waals surface area contributed by atoms with Gasteiger partial charge in [0.1, 0.15) is 11.4 Å². The summed E-state index contributed by atoms with van der Waals surface area (Å²) in [7, 11) is 0. The minimum Gasteiger partial charge on any atom is -0.463 e. The van der Waals surface area contributed by atoms with Crippen LogP contribution in [0.25, 0.3) is 44.7 Å². The van der Waals surface area contributed by atoms with E-state index < -0.39 is 0 Å². The van der Waals surface area contributed by atoms with Crippen LogP contribution in [-0.4, -0.2) is 25.7 Å². The lowest BCUT2D eigenvalue weighted by molar-refractivity contribution is 0.0919. The van der Waals surface area contributed by atoms with E-state index in [4.69, 9.17) is 13.8 Å². The molecule has 7 heteroatoms. The molecule has 0 aliphatic rings. The first-order chi connectivity index (χ1) is 16.7. The Morgan fingerprint density at radius 1 is 0.912 bits per heavy atom. The normalized spacial score (nSPS) is 12.5. The summed E-state index contributed by atoms with van der Waals surface area (Å²) >= 11 is 1.42. The number of benzene rings is 2. The lowest BCUT2D eigenvalue weighted by Crippen LogP contribution is -2.23. The van der Waals surface area contributed by atoms with Crippen LogP contribution in [0.4, 0.5) is 0 Å². The molecule has 0 aliphatic heterocycles. The van der Waals surface area contributed by atoms with Gasteiger partial charge in [0.25, 0.3) is 0 Å². The maximum absolute atomic E-state index is 13.9. The monoisotopic (exact) mass is 467 g/mol. The molecule has 4 heterocycles. The highest BCUT2D eigenvalue weighted by atomic mass is 32.2. The van der Waals surface area contributed by atoms with Crippen LogP contribution in [-0.2, 0) is 0 Å². The predicted molar refractivity (Wildman–Crippen MR) is 134 cm³/mol.